The van der Waals surface area contributed by atoms with Gasteiger partial charge in [-0.1, -0.05) is 0 Å². The number of nitrogens with zero attached hydrogens (tertiary/aromatic N) is 2. The Balaban J connectivity index is 3.01. The van der Waals surface area contributed by atoms with Crippen LogP contribution in [0, 0.1) is 0 Å². The number of rotatable bonds is 2. The smallest absolute Gasteiger partial charge is 0.268 e. The molecule has 0 aliphatic carbocycles. The Bertz CT molecular complexity index is 276. The van der Waals surface area contributed by atoms with Crippen molar-refractivity contribution in [2.45, 2.75) is 5.03 Å². The van der Waals surface area contributed by atoms with Crippen molar-refractivity contribution in [3.63, 3.8) is 0 Å². The molecule has 0 saturated carbocycles. The summed E-state index contributed by atoms with van der Waals surface area (Å²) >= 11 is 1.42. The number of primary amides is 1. The molecule has 0 unspecified atom stereocenters. The Labute approximate surface area is 68.2 Å². The summed E-state index contributed by atoms with van der Waals surface area (Å²) in [7, 11) is 0. The lowest BCUT2D eigenvalue weighted by Gasteiger charge is -1.95. The molecule has 0 aliphatic heterocycles. The van der Waals surface area contributed by atoms with E-state index < -0.39 is 5.91 Å². The molecule has 58 valence electrons. The van der Waals surface area contributed by atoms with Gasteiger partial charge >= 0.3 is 0 Å². The van der Waals surface area contributed by atoms with Crippen LogP contribution in [0.25, 0.3) is 0 Å². The van der Waals surface area contributed by atoms with Crippen LogP contribution >= 0.6 is 11.8 Å². The molecule has 0 radical (unpaired) electrons. The number of aromatic nitrogens is 2. The number of hydrogen-bond acceptors (Lipinski definition) is 4. The van der Waals surface area contributed by atoms with Crippen LogP contribution in [-0.4, -0.2) is 22.1 Å². The van der Waals surface area contributed by atoms with Crippen LogP contribution in [0.15, 0.2) is 17.4 Å². The Morgan fingerprint density at radius 1 is 1.64 bits per heavy atom. The molecule has 0 bridgehead atoms. The zero-order valence-corrected chi connectivity index (χ0v) is 6.76. The van der Waals surface area contributed by atoms with Gasteiger partial charge in [-0.15, -0.1) is 11.8 Å². The number of hydrogen-bond donors (Lipinski definition) is 1. The quantitative estimate of drug-likeness (QED) is 0.646. The van der Waals surface area contributed by atoms with Crippen molar-refractivity contribution in [1.29, 1.82) is 0 Å². The lowest BCUT2D eigenvalue weighted by Crippen LogP contribution is -2.13. The number of thioether (sulfide) groups is 1. The number of carbonyl (C=O) groups is 1. The maximum Gasteiger partial charge on any atom is 0.268 e. The lowest BCUT2D eigenvalue weighted by atomic mass is 10.4. The third-order valence-corrected chi connectivity index (χ3v) is 1.69. The van der Waals surface area contributed by atoms with Gasteiger partial charge in [0.25, 0.3) is 5.91 Å². The molecule has 1 rings (SSSR count). The zero-order valence-electron chi connectivity index (χ0n) is 5.94. The standard InChI is InChI=1S/C6H7N3OS/c1-11-5-3-8-2-4(9-5)6(7)10/h2-3H,1H3,(H2,7,10). The highest BCUT2D eigenvalue weighted by molar-refractivity contribution is 7.98. The SMILES string of the molecule is CSc1cncc(C(N)=O)n1. The third-order valence-electron chi connectivity index (χ3n) is 1.07. The third kappa shape index (κ3) is 1.91. The largest absolute Gasteiger partial charge is 0.364 e. The van der Waals surface area contributed by atoms with E-state index in [0.717, 1.165) is 0 Å². The summed E-state index contributed by atoms with van der Waals surface area (Å²) in [6, 6.07) is 0. The van der Waals surface area contributed by atoms with E-state index in [1.54, 1.807) is 6.20 Å². The fraction of sp³-hybridized carbons (Fsp3) is 0.167. The van der Waals surface area contributed by atoms with Crippen LogP contribution < -0.4 is 5.73 Å². The molecule has 0 saturated heterocycles. The van der Waals surface area contributed by atoms with Gasteiger partial charge in [0.1, 0.15) is 10.7 Å². The maximum absolute atomic E-state index is 10.6. The van der Waals surface area contributed by atoms with Crippen molar-refractivity contribution in [3.8, 4) is 0 Å². The molecule has 1 aromatic rings. The van der Waals surface area contributed by atoms with Gasteiger partial charge in [0, 0.05) is 0 Å². The van der Waals surface area contributed by atoms with E-state index in [1.807, 2.05) is 6.26 Å². The molecule has 5 heteroatoms. The average Bonchev–Trinajstić information content (AvgIpc) is 2.05. The monoisotopic (exact) mass is 169 g/mol. The molecule has 0 spiro atoms. The van der Waals surface area contributed by atoms with Crippen LogP contribution in [0.5, 0.6) is 0 Å². The minimum atomic E-state index is -0.548. The predicted octanol–water partition coefficient (Wildman–Crippen LogP) is 0.297. The summed E-state index contributed by atoms with van der Waals surface area (Å²) in [6.07, 6.45) is 4.79. The molecule has 0 atom stereocenters. The van der Waals surface area contributed by atoms with Crippen molar-refractivity contribution in [3.05, 3.63) is 18.1 Å². The fourth-order valence-corrected chi connectivity index (χ4v) is 0.921. The number of nitrogens with two attached hydrogens (primary N) is 1. The van der Waals surface area contributed by atoms with E-state index in [0.29, 0.717) is 5.03 Å². The number of carbonyl (C=O) groups excluding carboxylic acids is 1. The van der Waals surface area contributed by atoms with Crippen LogP contribution in [-0.2, 0) is 0 Å². The molecule has 1 heterocycles. The van der Waals surface area contributed by atoms with Crippen LogP contribution in [0.1, 0.15) is 10.5 Å². The van der Waals surface area contributed by atoms with E-state index in [1.165, 1.54) is 18.0 Å². The predicted molar refractivity (Wildman–Crippen MR) is 42.3 cm³/mol. The van der Waals surface area contributed by atoms with E-state index in [9.17, 15) is 4.79 Å². The van der Waals surface area contributed by atoms with Crippen molar-refractivity contribution in [2.75, 3.05) is 6.26 Å². The molecule has 0 aliphatic rings. The molecule has 1 aromatic heterocycles. The molecule has 0 fully saturated rings. The normalized spacial score (nSPS) is 9.55. The van der Waals surface area contributed by atoms with E-state index in [-0.39, 0.29) is 5.69 Å². The van der Waals surface area contributed by atoms with Crippen LogP contribution in [0.4, 0.5) is 0 Å². The van der Waals surface area contributed by atoms with Gasteiger partial charge in [-0.3, -0.25) is 9.78 Å². The van der Waals surface area contributed by atoms with Gasteiger partial charge in [-0.05, 0) is 6.26 Å². The Morgan fingerprint density at radius 2 is 2.36 bits per heavy atom. The second-order valence-corrected chi connectivity index (χ2v) is 2.64. The van der Waals surface area contributed by atoms with Gasteiger partial charge in [-0.2, -0.15) is 0 Å². The Kier molecular flexibility index (Phi) is 2.43. The molecule has 2 N–H and O–H groups in total. The molecule has 4 nitrogen and oxygen atoms in total. The Morgan fingerprint density at radius 3 is 2.91 bits per heavy atom. The summed E-state index contributed by atoms with van der Waals surface area (Å²) in [5.74, 6) is -0.548. The highest BCUT2D eigenvalue weighted by Gasteiger charge is 2.02. The second kappa shape index (κ2) is 3.34. The van der Waals surface area contributed by atoms with E-state index >= 15 is 0 Å². The van der Waals surface area contributed by atoms with Crippen LogP contribution in [0.3, 0.4) is 0 Å². The van der Waals surface area contributed by atoms with Crippen molar-refractivity contribution in [2.24, 2.45) is 5.73 Å². The fourth-order valence-electron chi connectivity index (χ4n) is 0.565. The summed E-state index contributed by atoms with van der Waals surface area (Å²) in [4.78, 5) is 18.3. The van der Waals surface area contributed by atoms with Gasteiger partial charge < -0.3 is 5.73 Å². The minimum absolute atomic E-state index is 0.205. The first-order chi connectivity index (χ1) is 5.24. The maximum atomic E-state index is 10.6. The first kappa shape index (κ1) is 8.00. The van der Waals surface area contributed by atoms with E-state index in [4.69, 9.17) is 5.73 Å². The number of amides is 1. The summed E-state index contributed by atoms with van der Waals surface area (Å²) in [5.41, 5.74) is 5.19. The molecular formula is C6H7N3OS. The van der Waals surface area contributed by atoms with Crippen molar-refractivity contribution < 1.29 is 4.79 Å². The molecule has 11 heavy (non-hydrogen) atoms. The first-order valence-corrected chi connectivity index (χ1v) is 4.12. The highest BCUT2D eigenvalue weighted by atomic mass is 32.2. The van der Waals surface area contributed by atoms with E-state index in [2.05, 4.69) is 9.97 Å². The van der Waals surface area contributed by atoms with Gasteiger partial charge in [0.05, 0.1) is 12.4 Å². The summed E-state index contributed by atoms with van der Waals surface area (Å²) in [6.45, 7) is 0. The lowest BCUT2D eigenvalue weighted by molar-refractivity contribution is 0.0994. The first-order valence-electron chi connectivity index (χ1n) is 2.90. The van der Waals surface area contributed by atoms with Gasteiger partial charge in [0.2, 0.25) is 0 Å². The molecular weight excluding hydrogens is 162 g/mol. The molecule has 1 amide bonds. The van der Waals surface area contributed by atoms with Crippen LogP contribution in [0.2, 0.25) is 0 Å². The van der Waals surface area contributed by atoms with Crippen molar-refractivity contribution >= 4 is 17.7 Å². The minimum Gasteiger partial charge on any atom is -0.364 e. The second-order valence-electron chi connectivity index (χ2n) is 1.81. The molecule has 0 aromatic carbocycles. The highest BCUT2D eigenvalue weighted by Crippen LogP contribution is 2.08. The zero-order chi connectivity index (χ0) is 8.27. The van der Waals surface area contributed by atoms with Gasteiger partial charge in [-0.25, -0.2) is 4.98 Å². The summed E-state index contributed by atoms with van der Waals surface area (Å²) < 4.78 is 0. The summed E-state index contributed by atoms with van der Waals surface area (Å²) in [5, 5.41) is 0.696. The topological polar surface area (TPSA) is 68.9 Å². The van der Waals surface area contributed by atoms with Gasteiger partial charge in [0.15, 0.2) is 0 Å². The van der Waals surface area contributed by atoms with Crippen molar-refractivity contribution in [1.82, 2.24) is 9.97 Å². The average molecular weight is 169 g/mol. The Hall–Kier alpha value is -1.10.